The lowest BCUT2D eigenvalue weighted by Crippen LogP contribution is -2.36. The maximum Gasteiger partial charge on any atom is 0.191 e. The van der Waals surface area contributed by atoms with Crippen LogP contribution in [0.3, 0.4) is 0 Å². The minimum Gasteiger partial charge on any atom is -0.291 e. The number of hydrogen-bond acceptors (Lipinski definition) is 2. The molecule has 0 radical (unpaired) electrons. The smallest absolute Gasteiger partial charge is 0.191 e. The van der Waals surface area contributed by atoms with Crippen molar-refractivity contribution in [2.24, 2.45) is 0 Å². The molecule has 0 aliphatic heterocycles. The molecule has 106 valence electrons. The zero-order valence-electron chi connectivity index (χ0n) is 12.5. The first kappa shape index (κ1) is 14.5. The van der Waals surface area contributed by atoms with Crippen LogP contribution in [0, 0.1) is 0 Å². The average molecular weight is 270 g/mol. The molecule has 0 aliphatic rings. The fourth-order valence-electron chi connectivity index (χ4n) is 2.89. The molecule has 0 unspecified atom stereocenters. The summed E-state index contributed by atoms with van der Waals surface area (Å²) in [6, 6.07) is 11.9. The predicted octanol–water partition coefficient (Wildman–Crippen LogP) is 3.84. The molecule has 2 rings (SSSR count). The Morgan fingerprint density at radius 1 is 1.10 bits per heavy atom. The van der Waals surface area contributed by atoms with Gasteiger partial charge in [-0.2, -0.15) is 5.10 Å². The van der Waals surface area contributed by atoms with Gasteiger partial charge in [0.2, 0.25) is 0 Å². The molecule has 0 N–H and O–H groups in total. The molecule has 3 heteroatoms. The van der Waals surface area contributed by atoms with E-state index in [1.54, 1.807) is 10.9 Å². The Balaban J connectivity index is 2.51. The first-order chi connectivity index (χ1) is 9.69. The van der Waals surface area contributed by atoms with Crippen molar-refractivity contribution in [3.8, 4) is 0 Å². The number of hydrogen-bond donors (Lipinski definition) is 0. The number of carbonyl (C=O) groups is 1. The third-order valence-corrected chi connectivity index (χ3v) is 4.22. The molecule has 0 saturated heterocycles. The van der Waals surface area contributed by atoms with Crippen LogP contribution < -0.4 is 0 Å². The zero-order valence-corrected chi connectivity index (χ0v) is 12.5. The van der Waals surface area contributed by atoms with E-state index in [-0.39, 0.29) is 5.78 Å². The van der Waals surface area contributed by atoms with E-state index in [0.717, 1.165) is 18.4 Å². The number of carbonyl (C=O) groups excluding carboxylic acids is 1. The summed E-state index contributed by atoms with van der Waals surface area (Å²) in [7, 11) is 0. The minimum absolute atomic E-state index is 0.174. The van der Waals surface area contributed by atoms with Gasteiger partial charge in [-0.25, -0.2) is 0 Å². The predicted molar refractivity (Wildman–Crippen MR) is 80.9 cm³/mol. The molecule has 0 bridgehead atoms. The van der Waals surface area contributed by atoms with Crippen LogP contribution in [0.2, 0.25) is 0 Å². The van der Waals surface area contributed by atoms with Gasteiger partial charge in [-0.05, 0) is 31.4 Å². The van der Waals surface area contributed by atoms with Gasteiger partial charge in [0, 0.05) is 12.7 Å². The number of Topliss-reactive ketones (excluding diaryl/α,β-unsaturated/α-hetero) is 1. The maximum atomic E-state index is 13.1. The lowest BCUT2D eigenvalue weighted by molar-refractivity contribution is 0.0861. The van der Waals surface area contributed by atoms with Crippen molar-refractivity contribution in [3.63, 3.8) is 0 Å². The molecular weight excluding hydrogens is 248 g/mol. The van der Waals surface area contributed by atoms with Gasteiger partial charge >= 0.3 is 0 Å². The topological polar surface area (TPSA) is 34.9 Å². The highest BCUT2D eigenvalue weighted by atomic mass is 16.1. The molecule has 1 aromatic heterocycles. The highest BCUT2D eigenvalue weighted by molar-refractivity contribution is 6.02. The SMILES string of the molecule is CCn1nccc1C(=O)C(CC)(CC)c1ccccc1. The van der Waals surface area contributed by atoms with Crippen molar-refractivity contribution in [1.29, 1.82) is 0 Å². The summed E-state index contributed by atoms with van der Waals surface area (Å²) in [5, 5.41) is 4.23. The fourth-order valence-corrected chi connectivity index (χ4v) is 2.89. The van der Waals surface area contributed by atoms with E-state index in [4.69, 9.17) is 0 Å². The molecule has 1 heterocycles. The zero-order chi connectivity index (χ0) is 14.6. The summed E-state index contributed by atoms with van der Waals surface area (Å²) in [6.45, 7) is 6.89. The molecule has 2 aromatic rings. The van der Waals surface area contributed by atoms with Crippen LogP contribution in [0.5, 0.6) is 0 Å². The molecule has 20 heavy (non-hydrogen) atoms. The molecule has 0 saturated carbocycles. The van der Waals surface area contributed by atoms with Gasteiger partial charge in [-0.1, -0.05) is 44.2 Å². The third-order valence-electron chi connectivity index (χ3n) is 4.22. The Morgan fingerprint density at radius 2 is 1.75 bits per heavy atom. The van der Waals surface area contributed by atoms with E-state index in [2.05, 4.69) is 31.1 Å². The Kier molecular flexibility index (Phi) is 4.38. The van der Waals surface area contributed by atoms with E-state index in [9.17, 15) is 4.79 Å². The lowest BCUT2D eigenvalue weighted by Gasteiger charge is -2.30. The molecule has 0 aliphatic carbocycles. The van der Waals surface area contributed by atoms with Crippen LogP contribution >= 0.6 is 0 Å². The van der Waals surface area contributed by atoms with Gasteiger partial charge in [0.15, 0.2) is 5.78 Å². The molecule has 0 atom stereocenters. The normalized spacial score (nSPS) is 11.6. The second-order valence-electron chi connectivity index (χ2n) is 5.02. The van der Waals surface area contributed by atoms with Gasteiger partial charge in [0.25, 0.3) is 0 Å². The van der Waals surface area contributed by atoms with Crippen molar-refractivity contribution >= 4 is 5.78 Å². The van der Waals surface area contributed by atoms with Crippen LogP contribution in [0.15, 0.2) is 42.6 Å². The molecule has 1 aromatic carbocycles. The second-order valence-corrected chi connectivity index (χ2v) is 5.02. The summed E-state index contributed by atoms with van der Waals surface area (Å²) in [6.07, 6.45) is 3.29. The first-order valence-corrected chi connectivity index (χ1v) is 7.31. The van der Waals surface area contributed by atoms with Crippen molar-refractivity contribution < 1.29 is 4.79 Å². The minimum atomic E-state index is -0.450. The number of nitrogens with zero attached hydrogens (tertiary/aromatic N) is 2. The lowest BCUT2D eigenvalue weighted by atomic mass is 9.71. The van der Waals surface area contributed by atoms with E-state index < -0.39 is 5.41 Å². The van der Waals surface area contributed by atoms with Crippen LogP contribution in [-0.2, 0) is 12.0 Å². The summed E-state index contributed by atoms with van der Waals surface area (Å²) in [4.78, 5) is 13.1. The second kappa shape index (κ2) is 6.04. The molecule has 0 amide bonds. The molecule has 3 nitrogen and oxygen atoms in total. The van der Waals surface area contributed by atoms with Gasteiger partial charge in [-0.3, -0.25) is 9.48 Å². The van der Waals surface area contributed by atoms with Gasteiger partial charge in [0.05, 0.1) is 5.41 Å². The number of aryl methyl sites for hydroxylation is 1. The standard InChI is InChI=1S/C17H22N2O/c1-4-17(5-2,14-10-8-7-9-11-14)16(20)15-12-13-18-19(15)6-3/h7-13H,4-6H2,1-3H3. The summed E-state index contributed by atoms with van der Waals surface area (Å²) in [5.74, 6) is 0.174. The quantitative estimate of drug-likeness (QED) is 0.747. The van der Waals surface area contributed by atoms with Crippen LogP contribution in [0.4, 0.5) is 0 Å². The summed E-state index contributed by atoms with van der Waals surface area (Å²) >= 11 is 0. The molecular formula is C17H22N2O. The maximum absolute atomic E-state index is 13.1. The summed E-state index contributed by atoms with van der Waals surface area (Å²) < 4.78 is 1.78. The van der Waals surface area contributed by atoms with Crippen LogP contribution in [0.1, 0.15) is 49.7 Å². The summed E-state index contributed by atoms with van der Waals surface area (Å²) in [5.41, 5.74) is 1.35. The molecule has 0 fully saturated rings. The number of ketones is 1. The van der Waals surface area contributed by atoms with Gasteiger partial charge < -0.3 is 0 Å². The number of rotatable bonds is 6. The molecule has 0 spiro atoms. The van der Waals surface area contributed by atoms with Crippen molar-refractivity contribution in [3.05, 3.63) is 53.9 Å². The van der Waals surface area contributed by atoms with Gasteiger partial charge in [-0.15, -0.1) is 0 Å². The highest BCUT2D eigenvalue weighted by Gasteiger charge is 2.38. The Morgan fingerprint density at radius 3 is 2.30 bits per heavy atom. The Labute approximate surface area is 120 Å². The van der Waals surface area contributed by atoms with E-state index >= 15 is 0 Å². The van der Waals surface area contributed by atoms with Crippen molar-refractivity contribution in [2.75, 3.05) is 0 Å². The highest BCUT2D eigenvalue weighted by Crippen LogP contribution is 2.35. The van der Waals surface area contributed by atoms with E-state index in [0.29, 0.717) is 12.2 Å². The van der Waals surface area contributed by atoms with Crippen molar-refractivity contribution in [2.45, 2.75) is 45.6 Å². The van der Waals surface area contributed by atoms with E-state index in [1.807, 2.05) is 31.2 Å². The fraction of sp³-hybridized carbons (Fsp3) is 0.412. The largest absolute Gasteiger partial charge is 0.291 e. The third kappa shape index (κ3) is 2.28. The number of aromatic nitrogens is 2. The first-order valence-electron chi connectivity index (χ1n) is 7.31. The Hall–Kier alpha value is -1.90. The number of benzene rings is 1. The van der Waals surface area contributed by atoms with Crippen molar-refractivity contribution in [1.82, 2.24) is 9.78 Å². The van der Waals surface area contributed by atoms with Crippen LogP contribution in [0.25, 0.3) is 0 Å². The monoisotopic (exact) mass is 270 g/mol. The van der Waals surface area contributed by atoms with Gasteiger partial charge in [0.1, 0.15) is 5.69 Å². The van der Waals surface area contributed by atoms with E-state index in [1.165, 1.54) is 0 Å². The average Bonchev–Trinajstić information content (AvgIpc) is 2.98. The van der Waals surface area contributed by atoms with Crippen LogP contribution in [-0.4, -0.2) is 15.6 Å². The Bertz CT molecular complexity index is 568.